The third-order valence-electron chi connectivity index (χ3n) is 3.92. The molecule has 1 atom stereocenters. The van der Waals surface area contributed by atoms with Gasteiger partial charge in [0.25, 0.3) is 0 Å². The Morgan fingerprint density at radius 2 is 1.93 bits per heavy atom. The SMILES string of the molecule is COc1cc2nc(S(=O)Cc3nccc(OC)c3C)[nH]c2cc1OC(F)F.[H-].[Na+]. The summed E-state index contributed by atoms with van der Waals surface area (Å²) in [5, 5.41) is 0.199. The molecular weight excluding hydrogens is 403 g/mol. The number of methoxy groups -OCH3 is 2. The molecule has 0 aliphatic rings. The summed E-state index contributed by atoms with van der Waals surface area (Å²) in [6.07, 6.45) is 1.58. The van der Waals surface area contributed by atoms with E-state index in [1.165, 1.54) is 19.2 Å². The van der Waals surface area contributed by atoms with Crippen LogP contribution >= 0.6 is 0 Å². The van der Waals surface area contributed by atoms with Gasteiger partial charge < -0.3 is 20.6 Å². The largest absolute Gasteiger partial charge is 1.00 e. The zero-order chi connectivity index (χ0) is 19.6. The molecule has 0 radical (unpaired) electrons. The molecule has 1 unspecified atom stereocenters. The molecular formula is C17H18F2N3NaO4S. The monoisotopic (exact) mass is 421 g/mol. The third kappa shape index (κ3) is 4.80. The topological polar surface area (TPSA) is 86.3 Å². The summed E-state index contributed by atoms with van der Waals surface area (Å²) in [7, 11) is 1.36. The molecule has 3 rings (SSSR count). The van der Waals surface area contributed by atoms with Crippen LogP contribution < -0.4 is 43.8 Å². The number of hydrogen-bond donors (Lipinski definition) is 1. The molecule has 11 heteroatoms. The molecule has 0 aliphatic heterocycles. The number of halogens is 2. The predicted octanol–water partition coefficient (Wildman–Crippen LogP) is 0.309. The molecule has 1 aromatic carbocycles. The molecule has 0 saturated heterocycles. The Bertz CT molecular complexity index is 1010. The van der Waals surface area contributed by atoms with E-state index in [4.69, 9.17) is 9.47 Å². The average molecular weight is 421 g/mol. The van der Waals surface area contributed by atoms with Crippen LogP contribution in [0.25, 0.3) is 11.0 Å². The summed E-state index contributed by atoms with van der Waals surface area (Å²) in [4.78, 5) is 11.4. The maximum atomic E-state index is 12.7. The van der Waals surface area contributed by atoms with Crippen LogP contribution in [0.4, 0.5) is 8.78 Å². The first-order chi connectivity index (χ1) is 12.9. The van der Waals surface area contributed by atoms with Gasteiger partial charge in [0, 0.05) is 23.9 Å². The number of nitrogens with zero attached hydrogens (tertiary/aromatic N) is 2. The van der Waals surface area contributed by atoms with E-state index in [0.717, 1.165) is 5.56 Å². The van der Waals surface area contributed by atoms with E-state index in [0.29, 0.717) is 22.5 Å². The van der Waals surface area contributed by atoms with Crippen LogP contribution in [-0.4, -0.2) is 40.0 Å². The van der Waals surface area contributed by atoms with E-state index >= 15 is 0 Å². The number of hydrogen-bond acceptors (Lipinski definition) is 6. The van der Waals surface area contributed by atoms with Crippen molar-refractivity contribution < 1.29 is 58.2 Å². The van der Waals surface area contributed by atoms with Crippen LogP contribution in [0.3, 0.4) is 0 Å². The minimum Gasteiger partial charge on any atom is -1.00 e. The van der Waals surface area contributed by atoms with Gasteiger partial charge in [-0.15, -0.1) is 0 Å². The van der Waals surface area contributed by atoms with Crippen LogP contribution in [0.1, 0.15) is 12.7 Å². The number of aromatic nitrogens is 3. The fourth-order valence-corrected chi connectivity index (χ4v) is 3.67. The van der Waals surface area contributed by atoms with Crippen molar-refractivity contribution in [2.45, 2.75) is 24.4 Å². The summed E-state index contributed by atoms with van der Waals surface area (Å²) in [6, 6.07) is 4.50. The third-order valence-corrected chi connectivity index (χ3v) is 5.08. The Kier molecular flexibility index (Phi) is 7.76. The number of alkyl halides is 2. The molecule has 146 valence electrons. The molecule has 2 aromatic heterocycles. The molecule has 3 aromatic rings. The van der Waals surface area contributed by atoms with Gasteiger partial charge in [-0.3, -0.25) is 9.19 Å². The Hall–Kier alpha value is -1.75. The van der Waals surface area contributed by atoms with Crippen LogP contribution in [0.15, 0.2) is 29.6 Å². The number of imidazole rings is 1. The van der Waals surface area contributed by atoms with Crippen LogP contribution in [0.2, 0.25) is 0 Å². The maximum Gasteiger partial charge on any atom is 1.00 e. The number of nitrogens with one attached hydrogen (secondary N) is 1. The average Bonchev–Trinajstić information content (AvgIpc) is 3.05. The Labute approximate surface area is 186 Å². The van der Waals surface area contributed by atoms with Gasteiger partial charge in [-0.25, -0.2) is 4.98 Å². The van der Waals surface area contributed by atoms with Crippen molar-refractivity contribution in [2.24, 2.45) is 0 Å². The molecule has 0 amide bonds. The number of aromatic amines is 1. The number of fused-ring (bicyclic) bond motifs is 1. The van der Waals surface area contributed by atoms with E-state index in [-0.39, 0.29) is 53.4 Å². The number of pyridine rings is 1. The minimum absolute atomic E-state index is 0. The quantitative estimate of drug-likeness (QED) is 0.553. The summed E-state index contributed by atoms with van der Waals surface area (Å²) < 4.78 is 52.5. The van der Waals surface area contributed by atoms with Gasteiger partial charge in [0.15, 0.2) is 16.7 Å². The van der Waals surface area contributed by atoms with Crippen molar-refractivity contribution in [3.05, 3.63) is 35.7 Å². The van der Waals surface area contributed by atoms with Crippen molar-refractivity contribution in [2.75, 3.05) is 14.2 Å². The zero-order valence-corrected chi connectivity index (χ0v) is 18.6. The minimum atomic E-state index is -2.99. The summed E-state index contributed by atoms with van der Waals surface area (Å²) in [6.45, 7) is -1.16. The first kappa shape index (κ1) is 22.5. The molecule has 2 heterocycles. The first-order valence-corrected chi connectivity index (χ1v) is 9.14. The Morgan fingerprint density at radius 3 is 2.57 bits per heavy atom. The molecule has 0 fully saturated rings. The molecule has 28 heavy (non-hydrogen) atoms. The first-order valence-electron chi connectivity index (χ1n) is 7.82. The van der Waals surface area contributed by atoms with Crippen LogP contribution in [0.5, 0.6) is 17.2 Å². The van der Waals surface area contributed by atoms with E-state index in [9.17, 15) is 13.0 Å². The van der Waals surface area contributed by atoms with E-state index in [1.54, 1.807) is 19.4 Å². The standard InChI is InChI=1S/C17H17F2N3O4S.Na.H/c1-9-12(20-5-4-13(9)24-2)8-27(23)17-21-10-6-14(25-3)15(26-16(18)19)7-11(10)22-17;;/h4-7,16H,8H2,1-3H3,(H,21,22);;/q;+1;-1. The summed E-state index contributed by atoms with van der Waals surface area (Å²) >= 11 is 0. The normalized spacial score (nSPS) is 11.9. The van der Waals surface area contributed by atoms with E-state index < -0.39 is 17.4 Å². The number of benzene rings is 1. The fraction of sp³-hybridized carbons (Fsp3) is 0.294. The van der Waals surface area contributed by atoms with Crippen LogP contribution in [-0.2, 0) is 16.6 Å². The van der Waals surface area contributed by atoms with Gasteiger partial charge in [0.05, 0.1) is 47.5 Å². The maximum absolute atomic E-state index is 12.7. The van der Waals surface area contributed by atoms with Gasteiger partial charge in [0.2, 0.25) is 0 Å². The molecule has 7 nitrogen and oxygen atoms in total. The number of H-pyrrole nitrogens is 1. The second-order valence-electron chi connectivity index (χ2n) is 5.52. The van der Waals surface area contributed by atoms with Crippen molar-refractivity contribution >= 4 is 21.8 Å². The second-order valence-corrected chi connectivity index (χ2v) is 6.88. The van der Waals surface area contributed by atoms with Gasteiger partial charge in [-0.2, -0.15) is 8.78 Å². The second kappa shape index (κ2) is 9.64. The molecule has 0 bridgehead atoms. The van der Waals surface area contributed by atoms with Crippen molar-refractivity contribution in [1.29, 1.82) is 0 Å². The van der Waals surface area contributed by atoms with Gasteiger partial charge in [-0.05, 0) is 13.0 Å². The zero-order valence-electron chi connectivity index (χ0n) is 16.8. The van der Waals surface area contributed by atoms with Crippen molar-refractivity contribution in [3.8, 4) is 17.2 Å². The fourth-order valence-electron chi connectivity index (χ4n) is 2.57. The molecule has 1 N–H and O–H groups in total. The predicted molar refractivity (Wildman–Crippen MR) is 96.0 cm³/mol. The van der Waals surface area contributed by atoms with E-state index in [2.05, 4.69) is 19.7 Å². The summed E-state index contributed by atoms with van der Waals surface area (Å²) in [5.74, 6) is 0.753. The molecule has 0 spiro atoms. The van der Waals surface area contributed by atoms with Crippen molar-refractivity contribution in [3.63, 3.8) is 0 Å². The Balaban J connectivity index is 0.00000210. The number of ether oxygens (including phenoxy) is 3. The number of rotatable bonds is 7. The molecule has 0 aliphatic carbocycles. The van der Waals surface area contributed by atoms with Gasteiger partial charge in [0.1, 0.15) is 5.75 Å². The van der Waals surface area contributed by atoms with E-state index in [1.807, 2.05) is 6.92 Å². The molecule has 0 saturated carbocycles. The Morgan fingerprint density at radius 1 is 1.21 bits per heavy atom. The van der Waals surface area contributed by atoms with Crippen LogP contribution in [0, 0.1) is 6.92 Å². The van der Waals surface area contributed by atoms with Gasteiger partial charge in [-0.1, -0.05) is 0 Å². The van der Waals surface area contributed by atoms with Gasteiger partial charge >= 0.3 is 36.2 Å². The van der Waals surface area contributed by atoms with Crippen molar-refractivity contribution in [1.82, 2.24) is 15.0 Å². The smallest absolute Gasteiger partial charge is 1.00 e. The summed E-state index contributed by atoms with van der Waals surface area (Å²) in [5.41, 5.74) is 2.24.